The van der Waals surface area contributed by atoms with Crippen molar-refractivity contribution in [1.82, 2.24) is 4.90 Å². The minimum absolute atomic E-state index is 0.144. The third kappa shape index (κ3) is 6.35. The van der Waals surface area contributed by atoms with Gasteiger partial charge < -0.3 is 15.0 Å². The van der Waals surface area contributed by atoms with E-state index in [9.17, 15) is 14.4 Å². The van der Waals surface area contributed by atoms with Crippen LogP contribution in [0.3, 0.4) is 0 Å². The van der Waals surface area contributed by atoms with Crippen LogP contribution in [0.25, 0.3) is 0 Å². The van der Waals surface area contributed by atoms with Crippen LogP contribution in [-0.4, -0.2) is 61.5 Å². The number of amidine groups is 1. The highest BCUT2D eigenvalue weighted by atomic mass is 32.2. The molecule has 3 amide bonds. The van der Waals surface area contributed by atoms with Crippen molar-refractivity contribution in [3.05, 3.63) is 54.1 Å². The lowest BCUT2D eigenvalue weighted by atomic mass is 10.2. The molecule has 1 N–H and O–H groups in total. The predicted octanol–water partition coefficient (Wildman–Crippen LogP) is 3.68. The van der Waals surface area contributed by atoms with Crippen molar-refractivity contribution in [3.8, 4) is 0 Å². The third-order valence-electron chi connectivity index (χ3n) is 4.32. The summed E-state index contributed by atoms with van der Waals surface area (Å²) in [7, 11) is 4.83. The standard InChI is InChI=1S/C22H24N4O4S2/c1-25(2)12-19(27)23-17-11-16(31-13-15-7-5-4-6-8-15)9-10-18(17)26-20(28)14-32-21(26)24-22(29)30-3/h4-11H,12-14H2,1-3H3,(H,23,27)/b24-21+. The average Bonchev–Trinajstić information content (AvgIpc) is 3.12. The summed E-state index contributed by atoms with van der Waals surface area (Å²) < 4.78 is 4.61. The molecule has 32 heavy (non-hydrogen) atoms. The fourth-order valence-corrected chi connectivity index (χ4v) is 4.66. The Morgan fingerprint density at radius 2 is 1.97 bits per heavy atom. The van der Waals surface area contributed by atoms with Crippen molar-refractivity contribution in [2.45, 2.75) is 10.6 Å². The Hall–Kier alpha value is -2.82. The first kappa shape index (κ1) is 23.8. The van der Waals surface area contributed by atoms with Gasteiger partial charge >= 0.3 is 6.09 Å². The van der Waals surface area contributed by atoms with E-state index in [1.54, 1.807) is 36.8 Å². The normalized spacial score (nSPS) is 14.8. The molecule has 2 aromatic rings. The van der Waals surface area contributed by atoms with E-state index in [0.717, 1.165) is 22.4 Å². The Balaban J connectivity index is 1.92. The van der Waals surface area contributed by atoms with Gasteiger partial charge in [0.1, 0.15) is 0 Å². The Morgan fingerprint density at radius 1 is 1.22 bits per heavy atom. The largest absolute Gasteiger partial charge is 0.451 e. The van der Waals surface area contributed by atoms with Gasteiger partial charge in [0.05, 0.1) is 30.8 Å². The number of hydrogen-bond donors (Lipinski definition) is 1. The van der Waals surface area contributed by atoms with Crippen LogP contribution in [0.5, 0.6) is 0 Å². The molecule has 0 spiro atoms. The molecule has 0 atom stereocenters. The summed E-state index contributed by atoms with van der Waals surface area (Å²) in [5.74, 6) is 0.460. The topological polar surface area (TPSA) is 91.3 Å². The number of anilines is 2. The summed E-state index contributed by atoms with van der Waals surface area (Å²) in [5.41, 5.74) is 2.11. The number of aliphatic imine (C=N–C) groups is 1. The number of amides is 3. The fourth-order valence-electron chi connectivity index (χ4n) is 2.92. The quantitative estimate of drug-likeness (QED) is 0.615. The number of rotatable bonds is 7. The predicted molar refractivity (Wildman–Crippen MR) is 129 cm³/mol. The van der Waals surface area contributed by atoms with Crippen molar-refractivity contribution in [3.63, 3.8) is 0 Å². The first-order valence-electron chi connectivity index (χ1n) is 9.75. The summed E-state index contributed by atoms with van der Waals surface area (Å²) in [6.45, 7) is 0.187. The second-order valence-electron chi connectivity index (χ2n) is 7.12. The van der Waals surface area contributed by atoms with Crippen LogP contribution in [0.2, 0.25) is 0 Å². The van der Waals surface area contributed by atoms with E-state index in [1.165, 1.54) is 17.6 Å². The number of carbonyl (C=O) groups excluding carboxylic acids is 3. The summed E-state index contributed by atoms with van der Waals surface area (Å²) >= 11 is 2.77. The van der Waals surface area contributed by atoms with Gasteiger partial charge in [-0.3, -0.25) is 14.5 Å². The molecule has 2 aromatic carbocycles. The lowest BCUT2D eigenvalue weighted by Crippen LogP contribution is -2.32. The molecule has 8 nitrogen and oxygen atoms in total. The first-order valence-corrected chi connectivity index (χ1v) is 11.7. The van der Waals surface area contributed by atoms with Gasteiger partial charge in [-0.2, -0.15) is 4.99 Å². The highest BCUT2D eigenvalue weighted by molar-refractivity contribution is 8.15. The van der Waals surface area contributed by atoms with Gasteiger partial charge in [0.15, 0.2) is 5.17 Å². The van der Waals surface area contributed by atoms with Crippen LogP contribution in [0.15, 0.2) is 58.4 Å². The van der Waals surface area contributed by atoms with Gasteiger partial charge in [0.2, 0.25) is 11.8 Å². The molecule has 10 heteroatoms. The van der Waals surface area contributed by atoms with Crippen LogP contribution >= 0.6 is 23.5 Å². The minimum Gasteiger partial charge on any atom is -0.451 e. The summed E-state index contributed by atoms with van der Waals surface area (Å²) in [6.07, 6.45) is -0.791. The summed E-state index contributed by atoms with van der Waals surface area (Å²) in [6, 6.07) is 15.5. The fraction of sp³-hybridized carbons (Fsp3) is 0.273. The zero-order chi connectivity index (χ0) is 23.1. The second-order valence-corrected chi connectivity index (χ2v) is 9.11. The monoisotopic (exact) mass is 472 g/mol. The van der Waals surface area contributed by atoms with Crippen LogP contribution in [0, 0.1) is 0 Å². The Bertz CT molecular complexity index is 1030. The molecule has 1 fully saturated rings. The van der Waals surface area contributed by atoms with Crippen molar-refractivity contribution < 1.29 is 19.1 Å². The van der Waals surface area contributed by atoms with Gasteiger partial charge in [0, 0.05) is 10.6 Å². The maximum Gasteiger partial charge on any atom is 0.435 e. The molecule has 0 bridgehead atoms. The van der Waals surface area contributed by atoms with Gasteiger partial charge in [-0.15, -0.1) is 11.8 Å². The number of likely N-dealkylation sites (N-methyl/N-ethyl adjacent to an activating group) is 1. The number of thioether (sulfide) groups is 2. The van der Waals surface area contributed by atoms with E-state index >= 15 is 0 Å². The van der Waals surface area contributed by atoms with Gasteiger partial charge in [-0.05, 0) is 37.9 Å². The summed E-state index contributed by atoms with van der Waals surface area (Å²) in [4.78, 5) is 44.7. The molecule has 0 unspecified atom stereocenters. The molecule has 0 aromatic heterocycles. The summed E-state index contributed by atoms with van der Waals surface area (Å²) in [5, 5.41) is 3.11. The number of benzene rings is 2. The lowest BCUT2D eigenvalue weighted by molar-refractivity contribution is -0.117. The number of hydrogen-bond acceptors (Lipinski definition) is 7. The smallest absolute Gasteiger partial charge is 0.435 e. The number of ether oxygens (including phenoxy) is 1. The van der Waals surface area contributed by atoms with E-state index in [2.05, 4.69) is 27.2 Å². The molecule has 1 saturated heterocycles. The molecule has 1 aliphatic heterocycles. The zero-order valence-electron chi connectivity index (χ0n) is 18.0. The Kier molecular flexibility index (Phi) is 8.32. The molecule has 1 aliphatic rings. The number of carbonyl (C=O) groups is 3. The van der Waals surface area contributed by atoms with Crippen molar-refractivity contribution in [1.29, 1.82) is 0 Å². The highest BCUT2D eigenvalue weighted by Gasteiger charge is 2.32. The molecule has 168 valence electrons. The van der Waals surface area contributed by atoms with Gasteiger partial charge in [-0.1, -0.05) is 42.1 Å². The molecule has 0 saturated carbocycles. The molecule has 3 rings (SSSR count). The van der Waals surface area contributed by atoms with E-state index in [1.807, 2.05) is 30.3 Å². The van der Waals surface area contributed by atoms with Crippen molar-refractivity contribution in [2.24, 2.45) is 4.99 Å². The number of nitrogens with zero attached hydrogens (tertiary/aromatic N) is 3. The Morgan fingerprint density at radius 3 is 2.66 bits per heavy atom. The van der Waals surface area contributed by atoms with Crippen molar-refractivity contribution in [2.75, 3.05) is 43.7 Å². The van der Waals surface area contributed by atoms with Crippen LogP contribution in [0.1, 0.15) is 5.56 Å². The number of methoxy groups -OCH3 is 1. The van der Waals surface area contributed by atoms with Gasteiger partial charge in [-0.25, -0.2) is 4.79 Å². The average molecular weight is 473 g/mol. The highest BCUT2D eigenvalue weighted by Crippen LogP contribution is 2.36. The lowest BCUT2D eigenvalue weighted by Gasteiger charge is -2.21. The van der Waals surface area contributed by atoms with E-state index in [4.69, 9.17) is 0 Å². The van der Waals surface area contributed by atoms with Crippen molar-refractivity contribution >= 4 is 58.0 Å². The van der Waals surface area contributed by atoms with E-state index < -0.39 is 6.09 Å². The Labute approximate surface area is 195 Å². The maximum atomic E-state index is 12.6. The molecule has 0 aliphatic carbocycles. The minimum atomic E-state index is -0.791. The second kappa shape index (κ2) is 11.2. The van der Waals surface area contributed by atoms with Gasteiger partial charge in [0.25, 0.3) is 0 Å². The first-order chi connectivity index (χ1) is 15.4. The van der Waals surface area contributed by atoms with E-state index in [-0.39, 0.29) is 29.3 Å². The molecule has 0 radical (unpaired) electrons. The van der Waals surface area contributed by atoms with E-state index in [0.29, 0.717) is 11.4 Å². The SMILES string of the molecule is COC(=O)/N=C1/SCC(=O)N1c1ccc(SCc2ccccc2)cc1NC(=O)CN(C)C. The number of nitrogens with one attached hydrogen (secondary N) is 1. The maximum absolute atomic E-state index is 12.6. The molecular formula is C22H24N4O4S2. The van der Waals surface area contributed by atoms with Crippen LogP contribution < -0.4 is 10.2 Å². The van der Waals surface area contributed by atoms with Crippen LogP contribution in [-0.2, 0) is 20.1 Å². The zero-order valence-corrected chi connectivity index (χ0v) is 19.7. The van der Waals surface area contributed by atoms with Crippen LogP contribution in [0.4, 0.5) is 16.2 Å². The molecule has 1 heterocycles. The molecular weight excluding hydrogens is 448 g/mol. The third-order valence-corrected chi connectivity index (χ3v) is 6.31.